The van der Waals surface area contributed by atoms with E-state index >= 15 is 0 Å². The molecule has 0 aliphatic carbocycles. The molecular weight excluding hydrogens is 245 g/mol. The van der Waals surface area contributed by atoms with Crippen molar-refractivity contribution in [1.82, 2.24) is 15.0 Å². The highest BCUT2D eigenvalue weighted by atomic mass is 19.1. The van der Waals surface area contributed by atoms with Gasteiger partial charge in [0.2, 0.25) is 0 Å². The van der Waals surface area contributed by atoms with E-state index in [0.29, 0.717) is 16.8 Å². The predicted octanol–water partition coefficient (Wildman–Crippen LogP) is 3.08. The van der Waals surface area contributed by atoms with E-state index in [-0.39, 0.29) is 11.6 Å². The maximum atomic E-state index is 14.2. The molecular formula is C14H12FN3O. The Kier molecular flexibility index (Phi) is 2.67. The third-order valence-electron chi connectivity index (χ3n) is 2.95. The van der Waals surface area contributed by atoms with Gasteiger partial charge in [-0.3, -0.25) is 0 Å². The van der Waals surface area contributed by atoms with E-state index in [9.17, 15) is 4.39 Å². The van der Waals surface area contributed by atoms with Crippen molar-refractivity contribution < 1.29 is 9.13 Å². The molecule has 0 atom stereocenters. The summed E-state index contributed by atoms with van der Waals surface area (Å²) in [7, 11) is 1.45. The van der Waals surface area contributed by atoms with Crippen LogP contribution in [0.15, 0.2) is 30.5 Å². The molecule has 2 aromatic heterocycles. The maximum Gasteiger partial charge on any atom is 0.177 e. The Bertz CT molecular complexity index is 752. The van der Waals surface area contributed by atoms with Crippen molar-refractivity contribution in [2.75, 3.05) is 7.11 Å². The second kappa shape index (κ2) is 4.35. The summed E-state index contributed by atoms with van der Waals surface area (Å²) in [6.07, 6.45) is 1.61. The second-order valence-electron chi connectivity index (χ2n) is 4.24. The van der Waals surface area contributed by atoms with Crippen molar-refractivity contribution in [2.24, 2.45) is 0 Å². The third kappa shape index (κ3) is 1.93. The molecule has 4 nitrogen and oxygen atoms in total. The van der Waals surface area contributed by atoms with Crippen LogP contribution in [0, 0.1) is 12.7 Å². The first-order chi connectivity index (χ1) is 9.19. The molecule has 1 aromatic carbocycles. The van der Waals surface area contributed by atoms with Gasteiger partial charge in [0.1, 0.15) is 5.82 Å². The third-order valence-corrected chi connectivity index (χ3v) is 2.95. The summed E-state index contributed by atoms with van der Waals surface area (Å²) < 4.78 is 19.2. The van der Waals surface area contributed by atoms with E-state index in [1.165, 1.54) is 7.11 Å². The molecule has 5 heteroatoms. The fraction of sp³-hybridized carbons (Fsp3) is 0.143. The number of aryl methyl sites for hydroxylation is 1. The van der Waals surface area contributed by atoms with Gasteiger partial charge >= 0.3 is 0 Å². The Morgan fingerprint density at radius 2 is 2.16 bits per heavy atom. The van der Waals surface area contributed by atoms with Crippen LogP contribution >= 0.6 is 0 Å². The lowest BCUT2D eigenvalue weighted by molar-refractivity contribution is 0.387. The molecule has 0 spiro atoms. The number of halogens is 1. The number of methoxy groups -OCH3 is 1. The summed E-state index contributed by atoms with van der Waals surface area (Å²) in [5, 5.41) is 0. The first-order valence-corrected chi connectivity index (χ1v) is 5.84. The Hall–Kier alpha value is -2.43. The van der Waals surface area contributed by atoms with Gasteiger partial charge in [-0.05, 0) is 19.1 Å². The number of imidazole rings is 1. The van der Waals surface area contributed by atoms with E-state index in [1.807, 2.05) is 13.0 Å². The summed E-state index contributed by atoms with van der Waals surface area (Å²) in [5.41, 5.74) is 2.57. The number of rotatable bonds is 2. The second-order valence-corrected chi connectivity index (χ2v) is 4.24. The van der Waals surface area contributed by atoms with Gasteiger partial charge in [0, 0.05) is 17.3 Å². The van der Waals surface area contributed by atoms with Crippen LogP contribution in [0.5, 0.6) is 5.75 Å². The number of hydrogen-bond acceptors (Lipinski definition) is 3. The molecule has 2 heterocycles. The van der Waals surface area contributed by atoms with Crippen molar-refractivity contribution >= 4 is 11.2 Å². The van der Waals surface area contributed by atoms with E-state index < -0.39 is 0 Å². The molecule has 96 valence electrons. The predicted molar refractivity (Wildman–Crippen MR) is 70.6 cm³/mol. The monoisotopic (exact) mass is 257 g/mol. The molecule has 0 unspecified atom stereocenters. The Morgan fingerprint density at radius 1 is 1.32 bits per heavy atom. The van der Waals surface area contributed by atoms with Crippen LogP contribution in [0.25, 0.3) is 22.3 Å². The molecule has 1 N–H and O–H groups in total. The Balaban J connectivity index is 2.18. The standard InChI is InChI=1S/C14H12FN3O/c1-8-17-11-6-9(7-16-14(11)18-8)10-4-3-5-12(19-2)13(10)15/h3-7H,1-2H3,(H,16,17,18). The molecule has 0 amide bonds. The van der Waals surface area contributed by atoms with Crippen LogP contribution in [0.1, 0.15) is 5.82 Å². The smallest absolute Gasteiger partial charge is 0.177 e. The molecule has 3 aromatic rings. The van der Waals surface area contributed by atoms with Crippen molar-refractivity contribution in [3.05, 3.63) is 42.1 Å². The highest BCUT2D eigenvalue weighted by Crippen LogP contribution is 2.29. The van der Waals surface area contributed by atoms with Gasteiger partial charge in [0.05, 0.1) is 12.6 Å². The van der Waals surface area contributed by atoms with Crippen LogP contribution in [-0.4, -0.2) is 22.1 Å². The first kappa shape index (κ1) is 11.6. The zero-order valence-corrected chi connectivity index (χ0v) is 10.6. The molecule has 0 aliphatic heterocycles. The van der Waals surface area contributed by atoms with Gasteiger partial charge in [-0.25, -0.2) is 14.4 Å². The van der Waals surface area contributed by atoms with E-state index in [1.54, 1.807) is 24.4 Å². The Labute approximate surface area is 109 Å². The zero-order valence-electron chi connectivity index (χ0n) is 10.6. The van der Waals surface area contributed by atoms with Gasteiger partial charge in [0.15, 0.2) is 17.2 Å². The number of benzene rings is 1. The van der Waals surface area contributed by atoms with Crippen LogP contribution < -0.4 is 4.74 Å². The van der Waals surface area contributed by atoms with Gasteiger partial charge < -0.3 is 9.72 Å². The minimum atomic E-state index is -0.387. The molecule has 0 saturated heterocycles. The number of hydrogen-bond donors (Lipinski definition) is 1. The fourth-order valence-electron chi connectivity index (χ4n) is 2.06. The molecule has 0 radical (unpaired) electrons. The number of aromatic nitrogens is 3. The van der Waals surface area contributed by atoms with E-state index in [4.69, 9.17) is 4.74 Å². The normalized spacial score (nSPS) is 10.9. The highest BCUT2D eigenvalue weighted by Gasteiger charge is 2.12. The molecule has 3 rings (SSSR count). The number of ether oxygens (including phenoxy) is 1. The topological polar surface area (TPSA) is 50.8 Å². The van der Waals surface area contributed by atoms with Gasteiger partial charge in [0.25, 0.3) is 0 Å². The fourth-order valence-corrected chi connectivity index (χ4v) is 2.06. The summed E-state index contributed by atoms with van der Waals surface area (Å²) in [4.78, 5) is 11.5. The maximum absolute atomic E-state index is 14.2. The summed E-state index contributed by atoms with van der Waals surface area (Å²) >= 11 is 0. The van der Waals surface area contributed by atoms with Crippen molar-refractivity contribution in [3.8, 4) is 16.9 Å². The van der Waals surface area contributed by atoms with Gasteiger partial charge in [-0.1, -0.05) is 12.1 Å². The minimum absolute atomic E-state index is 0.221. The van der Waals surface area contributed by atoms with Crippen LogP contribution in [0.2, 0.25) is 0 Å². The number of nitrogens with one attached hydrogen (secondary N) is 1. The molecule has 0 bridgehead atoms. The number of pyridine rings is 1. The largest absolute Gasteiger partial charge is 0.494 e. The number of fused-ring (bicyclic) bond motifs is 1. The van der Waals surface area contributed by atoms with Crippen LogP contribution in [0.3, 0.4) is 0 Å². The van der Waals surface area contributed by atoms with E-state index in [0.717, 1.165) is 11.3 Å². The number of aromatic amines is 1. The Morgan fingerprint density at radius 3 is 2.95 bits per heavy atom. The van der Waals surface area contributed by atoms with Crippen molar-refractivity contribution in [1.29, 1.82) is 0 Å². The minimum Gasteiger partial charge on any atom is -0.494 e. The first-order valence-electron chi connectivity index (χ1n) is 5.84. The van der Waals surface area contributed by atoms with Crippen LogP contribution in [-0.2, 0) is 0 Å². The lowest BCUT2D eigenvalue weighted by atomic mass is 10.1. The number of H-pyrrole nitrogens is 1. The SMILES string of the molecule is COc1cccc(-c2cnc3nc(C)[nH]c3c2)c1F. The summed E-state index contributed by atoms with van der Waals surface area (Å²) in [6.45, 7) is 1.85. The summed E-state index contributed by atoms with van der Waals surface area (Å²) in [5.74, 6) is 0.617. The average molecular weight is 257 g/mol. The molecule has 0 saturated carbocycles. The van der Waals surface area contributed by atoms with Crippen LogP contribution in [0.4, 0.5) is 4.39 Å². The zero-order chi connectivity index (χ0) is 13.4. The number of nitrogens with zero attached hydrogens (tertiary/aromatic N) is 2. The quantitative estimate of drug-likeness (QED) is 0.767. The van der Waals surface area contributed by atoms with Crippen molar-refractivity contribution in [3.63, 3.8) is 0 Å². The average Bonchev–Trinajstić information content (AvgIpc) is 2.78. The van der Waals surface area contributed by atoms with Crippen molar-refractivity contribution in [2.45, 2.75) is 6.92 Å². The highest BCUT2D eigenvalue weighted by molar-refractivity contribution is 5.78. The lowest BCUT2D eigenvalue weighted by Gasteiger charge is -2.07. The van der Waals surface area contributed by atoms with E-state index in [2.05, 4.69) is 15.0 Å². The summed E-state index contributed by atoms with van der Waals surface area (Å²) in [6, 6.07) is 6.87. The lowest BCUT2D eigenvalue weighted by Crippen LogP contribution is -1.91. The molecule has 0 fully saturated rings. The van der Waals surface area contributed by atoms with Gasteiger partial charge in [-0.2, -0.15) is 0 Å². The molecule has 19 heavy (non-hydrogen) atoms. The molecule has 0 aliphatic rings. The van der Waals surface area contributed by atoms with Gasteiger partial charge in [-0.15, -0.1) is 0 Å².